The summed E-state index contributed by atoms with van der Waals surface area (Å²) in [5.41, 5.74) is 2.08. The monoisotopic (exact) mass is 458 g/mol. The van der Waals surface area contributed by atoms with E-state index in [4.69, 9.17) is 0 Å². The molecule has 3 rings (SSSR count). The lowest BCUT2D eigenvalue weighted by atomic mass is 10.0. The summed E-state index contributed by atoms with van der Waals surface area (Å²) in [7, 11) is -7.59. The van der Waals surface area contributed by atoms with Gasteiger partial charge >= 0.3 is 0 Å². The van der Waals surface area contributed by atoms with Crippen LogP contribution in [0.1, 0.15) is 41.7 Å². The van der Waals surface area contributed by atoms with Crippen LogP contribution in [0.5, 0.6) is 0 Å². The number of sulfone groups is 1. The predicted octanol–water partition coefficient (Wildman–Crippen LogP) is 3.84. The first-order valence-corrected chi connectivity index (χ1v) is 13.1. The van der Waals surface area contributed by atoms with Crippen LogP contribution in [-0.4, -0.2) is 28.4 Å². The van der Waals surface area contributed by atoms with Crippen LogP contribution in [0.15, 0.2) is 84.0 Å². The fourth-order valence-electron chi connectivity index (χ4n) is 3.23. The highest BCUT2D eigenvalue weighted by Crippen LogP contribution is 2.29. The van der Waals surface area contributed by atoms with Gasteiger partial charge in [0.2, 0.25) is 10.0 Å². The number of hydrogen-bond acceptors (Lipinski definition) is 5. The molecule has 31 heavy (non-hydrogen) atoms. The van der Waals surface area contributed by atoms with Gasteiger partial charge in [-0.15, -0.1) is 0 Å². The van der Waals surface area contributed by atoms with Crippen molar-refractivity contribution in [3.8, 4) is 0 Å². The van der Waals surface area contributed by atoms with Crippen molar-refractivity contribution >= 4 is 19.9 Å². The number of sulfonamides is 1. The number of aromatic nitrogens is 1. The molecule has 0 spiro atoms. The largest absolute Gasteiger partial charge is 0.264 e. The lowest BCUT2D eigenvalue weighted by Crippen LogP contribution is -2.32. The van der Waals surface area contributed by atoms with E-state index >= 15 is 0 Å². The Morgan fingerprint density at radius 1 is 0.839 bits per heavy atom. The van der Waals surface area contributed by atoms with Crippen LogP contribution in [-0.2, 0) is 25.6 Å². The molecule has 0 aliphatic carbocycles. The third-order valence-electron chi connectivity index (χ3n) is 4.99. The third-order valence-corrected chi connectivity index (χ3v) is 8.43. The lowest BCUT2D eigenvalue weighted by molar-refractivity contribution is 0.568. The molecule has 0 aliphatic rings. The molecule has 0 amide bonds. The summed E-state index contributed by atoms with van der Waals surface area (Å²) >= 11 is 0. The van der Waals surface area contributed by atoms with Crippen molar-refractivity contribution in [1.82, 2.24) is 9.71 Å². The maximum Gasteiger partial charge on any atom is 0.215 e. The van der Waals surface area contributed by atoms with Crippen LogP contribution >= 0.6 is 0 Å². The Balaban J connectivity index is 1.88. The van der Waals surface area contributed by atoms with Gasteiger partial charge < -0.3 is 0 Å². The van der Waals surface area contributed by atoms with Gasteiger partial charge in [-0.05, 0) is 40.8 Å². The zero-order valence-electron chi connectivity index (χ0n) is 17.5. The van der Waals surface area contributed by atoms with Crippen LogP contribution < -0.4 is 4.72 Å². The van der Waals surface area contributed by atoms with E-state index in [2.05, 4.69) is 9.71 Å². The van der Waals surface area contributed by atoms with Crippen LogP contribution in [0.4, 0.5) is 0 Å². The molecule has 0 aliphatic heterocycles. The number of pyridine rings is 1. The summed E-state index contributed by atoms with van der Waals surface area (Å²) in [6, 6.07) is 18.8. The van der Waals surface area contributed by atoms with E-state index in [9.17, 15) is 16.8 Å². The molecule has 6 nitrogen and oxygen atoms in total. The molecular formula is C23H26N2O4S2. The summed E-state index contributed by atoms with van der Waals surface area (Å²) in [6.07, 6.45) is 3.00. The first kappa shape index (κ1) is 23.1. The van der Waals surface area contributed by atoms with E-state index < -0.39 is 25.1 Å². The summed E-state index contributed by atoms with van der Waals surface area (Å²) in [5.74, 6) is 0.0483. The van der Waals surface area contributed by atoms with E-state index in [1.165, 1.54) is 6.20 Å². The second kappa shape index (κ2) is 9.72. The van der Waals surface area contributed by atoms with E-state index in [0.717, 1.165) is 5.56 Å². The van der Waals surface area contributed by atoms with Gasteiger partial charge in [-0.1, -0.05) is 62.4 Å². The highest BCUT2D eigenvalue weighted by atomic mass is 32.2. The zero-order chi connectivity index (χ0) is 22.5. The maximum atomic E-state index is 13.4. The average molecular weight is 459 g/mol. The van der Waals surface area contributed by atoms with Gasteiger partial charge in [0.05, 0.1) is 10.6 Å². The van der Waals surface area contributed by atoms with Crippen molar-refractivity contribution in [3.05, 3.63) is 95.8 Å². The number of nitrogens with zero attached hydrogens (tertiary/aromatic N) is 1. The second-order valence-corrected chi connectivity index (χ2v) is 11.6. The summed E-state index contributed by atoms with van der Waals surface area (Å²) < 4.78 is 54.5. The van der Waals surface area contributed by atoms with Crippen LogP contribution in [0.3, 0.4) is 0 Å². The summed E-state index contributed by atoms with van der Waals surface area (Å²) in [4.78, 5) is 4.17. The quantitative estimate of drug-likeness (QED) is 0.526. The molecule has 1 aromatic heterocycles. The fraction of sp³-hybridized carbons (Fsp3) is 0.261. The standard InChI is InChI=1S/C23H26N2O4S2/c1-18(2)20-10-12-22(13-11-20)31(28,29)23(21-9-6-14-24-15-21)16-25-30(26,27)17-19-7-4-3-5-8-19/h3-15,18,23,25H,16-17H2,1-2H3. The number of nitrogens with one attached hydrogen (secondary N) is 1. The Bertz CT molecular complexity index is 1190. The highest BCUT2D eigenvalue weighted by molar-refractivity contribution is 7.92. The van der Waals surface area contributed by atoms with Gasteiger partial charge in [0.25, 0.3) is 0 Å². The van der Waals surface area contributed by atoms with Gasteiger partial charge in [0.15, 0.2) is 9.84 Å². The highest BCUT2D eigenvalue weighted by Gasteiger charge is 2.31. The van der Waals surface area contributed by atoms with Crippen LogP contribution in [0.25, 0.3) is 0 Å². The summed E-state index contributed by atoms with van der Waals surface area (Å²) in [5, 5.41) is -1.10. The Hall–Kier alpha value is -2.55. The lowest BCUT2D eigenvalue weighted by Gasteiger charge is -2.19. The molecule has 2 aromatic carbocycles. The Kier molecular flexibility index (Phi) is 7.25. The van der Waals surface area contributed by atoms with Gasteiger partial charge in [0.1, 0.15) is 5.25 Å². The van der Waals surface area contributed by atoms with E-state index in [-0.39, 0.29) is 23.1 Å². The summed E-state index contributed by atoms with van der Waals surface area (Å²) in [6.45, 7) is 3.78. The molecule has 164 valence electrons. The number of benzene rings is 2. The van der Waals surface area contributed by atoms with Gasteiger partial charge in [-0.25, -0.2) is 21.6 Å². The smallest absolute Gasteiger partial charge is 0.215 e. The van der Waals surface area contributed by atoms with E-state index in [1.807, 2.05) is 13.8 Å². The topological polar surface area (TPSA) is 93.2 Å². The van der Waals surface area contributed by atoms with Gasteiger partial charge in [-0.3, -0.25) is 4.98 Å². The first-order valence-electron chi connectivity index (χ1n) is 9.94. The normalized spacial score (nSPS) is 13.3. The minimum atomic E-state index is -3.86. The Labute approximate surface area is 184 Å². The minimum Gasteiger partial charge on any atom is -0.264 e. The third kappa shape index (κ3) is 6.00. The van der Waals surface area contributed by atoms with E-state index in [1.54, 1.807) is 72.9 Å². The van der Waals surface area contributed by atoms with Crippen LogP contribution in [0.2, 0.25) is 0 Å². The maximum absolute atomic E-state index is 13.4. The number of rotatable bonds is 9. The molecule has 3 aromatic rings. The minimum absolute atomic E-state index is 0.146. The van der Waals surface area contributed by atoms with Gasteiger partial charge in [-0.2, -0.15) is 0 Å². The number of hydrogen-bond donors (Lipinski definition) is 1. The van der Waals surface area contributed by atoms with Crippen molar-refractivity contribution in [2.24, 2.45) is 0 Å². The zero-order valence-corrected chi connectivity index (χ0v) is 19.1. The van der Waals surface area contributed by atoms with Crippen molar-refractivity contribution in [1.29, 1.82) is 0 Å². The molecule has 1 heterocycles. The second-order valence-electron chi connectivity index (χ2n) is 7.64. The molecule has 1 N–H and O–H groups in total. The van der Waals surface area contributed by atoms with Crippen LogP contribution in [0, 0.1) is 0 Å². The molecule has 0 saturated heterocycles. The fourth-order valence-corrected chi connectivity index (χ4v) is 6.13. The van der Waals surface area contributed by atoms with Crippen molar-refractivity contribution in [2.75, 3.05) is 6.54 Å². The molecule has 0 saturated carbocycles. The molecule has 0 fully saturated rings. The van der Waals surface area contributed by atoms with E-state index in [0.29, 0.717) is 11.1 Å². The Morgan fingerprint density at radius 2 is 1.52 bits per heavy atom. The predicted molar refractivity (Wildman–Crippen MR) is 122 cm³/mol. The molecule has 1 unspecified atom stereocenters. The molecule has 1 atom stereocenters. The molecule has 8 heteroatoms. The van der Waals surface area contributed by atoms with Crippen molar-refractivity contribution < 1.29 is 16.8 Å². The molecule has 0 bridgehead atoms. The molecule has 0 radical (unpaired) electrons. The van der Waals surface area contributed by atoms with Crippen molar-refractivity contribution in [3.63, 3.8) is 0 Å². The first-order chi connectivity index (χ1) is 14.7. The SMILES string of the molecule is CC(C)c1ccc(S(=O)(=O)C(CNS(=O)(=O)Cc2ccccc2)c2cccnc2)cc1. The Morgan fingerprint density at radius 3 is 2.10 bits per heavy atom. The molecular weight excluding hydrogens is 432 g/mol. The van der Waals surface area contributed by atoms with Crippen molar-refractivity contribution in [2.45, 2.75) is 35.7 Å². The van der Waals surface area contributed by atoms with Gasteiger partial charge in [0, 0.05) is 18.9 Å². The average Bonchev–Trinajstić information content (AvgIpc) is 2.75.